The van der Waals surface area contributed by atoms with E-state index in [2.05, 4.69) is 21.1 Å². The lowest BCUT2D eigenvalue weighted by Gasteiger charge is -2.07. The molecule has 0 saturated heterocycles. The molecule has 3 aromatic heterocycles. The maximum Gasteiger partial charge on any atom is 0.350 e. The van der Waals surface area contributed by atoms with Gasteiger partial charge in [-0.05, 0) is 44.0 Å². The number of rotatable bonds is 4. The van der Waals surface area contributed by atoms with E-state index in [1.165, 1.54) is 21.6 Å². The summed E-state index contributed by atoms with van der Waals surface area (Å²) in [6, 6.07) is 10.7. The third-order valence-electron chi connectivity index (χ3n) is 6.02. The van der Waals surface area contributed by atoms with Gasteiger partial charge in [-0.15, -0.1) is 0 Å². The van der Waals surface area contributed by atoms with Crippen molar-refractivity contribution < 1.29 is 4.39 Å². The Hall–Kier alpha value is -4.27. The lowest BCUT2D eigenvalue weighted by atomic mass is 10.0. The molecule has 8 nitrogen and oxygen atoms in total. The van der Waals surface area contributed by atoms with Crippen molar-refractivity contribution in [2.75, 3.05) is 5.73 Å². The molecule has 5 rings (SSSR count). The van der Waals surface area contributed by atoms with Gasteiger partial charge in [-0.3, -0.25) is 4.57 Å². The van der Waals surface area contributed by atoms with Crippen molar-refractivity contribution in [2.45, 2.75) is 27.3 Å². The van der Waals surface area contributed by atoms with Crippen LogP contribution in [-0.2, 0) is 13.6 Å². The molecule has 0 fully saturated rings. The first kappa shape index (κ1) is 21.6. The molecule has 9 heteroatoms. The van der Waals surface area contributed by atoms with Crippen LogP contribution in [0.2, 0.25) is 0 Å². The highest BCUT2D eigenvalue weighted by Gasteiger charge is 2.18. The van der Waals surface area contributed by atoms with Crippen LogP contribution < -0.4 is 11.4 Å². The number of benzene rings is 2. The van der Waals surface area contributed by atoms with Crippen LogP contribution in [0.25, 0.3) is 27.8 Å². The molecule has 34 heavy (non-hydrogen) atoms. The highest BCUT2D eigenvalue weighted by molar-refractivity contribution is 6.00. The fourth-order valence-electron chi connectivity index (χ4n) is 4.24. The van der Waals surface area contributed by atoms with Crippen molar-refractivity contribution in [3.05, 3.63) is 87.7 Å². The SMILES string of the molecule is Cc1ccc(C)c(Cn2cnn(-c3ccc(-c4cn(C)c5nc(C)nc(N)c45)c(F)c3)c2=O)c1. The summed E-state index contributed by atoms with van der Waals surface area (Å²) in [5, 5.41) is 4.80. The molecule has 2 N–H and O–H groups in total. The van der Waals surface area contributed by atoms with Gasteiger partial charge in [-0.1, -0.05) is 23.8 Å². The van der Waals surface area contributed by atoms with E-state index in [0.29, 0.717) is 46.0 Å². The van der Waals surface area contributed by atoms with Gasteiger partial charge in [0.2, 0.25) is 0 Å². The van der Waals surface area contributed by atoms with E-state index in [1.54, 1.807) is 29.8 Å². The minimum Gasteiger partial charge on any atom is -0.383 e. The summed E-state index contributed by atoms with van der Waals surface area (Å²) >= 11 is 0. The molecular weight excluding hydrogens is 433 g/mol. The number of aromatic nitrogens is 6. The number of hydrogen-bond donors (Lipinski definition) is 1. The average molecular weight is 458 g/mol. The Morgan fingerprint density at radius 1 is 1.03 bits per heavy atom. The molecule has 0 atom stereocenters. The molecule has 172 valence electrons. The average Bonchev–Trinajstić information content (AvgIpc) is 3.30. The van der Waals surface area contributed by atoms with Gasteiger partial charge in [0.25, 0.3) is 0 Å². The molecule has 0 aliphatic carbocycles. The molecule has 0 amide bonds. The van der Waals surface area contributed by atoms with E-state index < -0.39 is 5.82 Å². The van der Waals surface area contributed by atoms with E-state index in [4.69, 9.17) is 5.73 Å². The smallest absolute Gasteiger partial charge is 0.350 e. The van der Waals surface area contributed by atoms with Crippen LogP contribution in [0.4, 0.5) is 10.2 Å². The second kappa shape index (κ2) is 7.95. The molecule has 0 spiro atoms. The van der Waals surface area contributed by atoms with E-state index in [9.17, 15) is 4.79 Å². The van der Waals surface area contributed by atoms with Crippen molar-refractivity contribution in [2.24, 2.45) is 7.05 Å². The number of fused-ring (bicyclic) bond motifs is 1. The van der Waals surface area contributed by atoms with Crippen molar-refractivity contribution in [3.63, 3.8) is 0 Å². The largest absolute Gasteiger partial charge is 0.383 e. The second-order valence-corrected chi connectivity index (χ2v) is 8.56. The first-order chi connectivity index (χ1) is 16.2. The number of aryl methyl sites for hydroxylation is 4. The number of anilines is 1. The predicted molar refractivity (Wildman–Crippen MR) is 129 cm³/mol. The predicted octanol–water partition coefficient (Wildman–Crippen LogP) is 3.68. The first-order valence-corrected chi connectivity index (χ1v) is 10.8. The number of nitrogens with two attached hydrogens (primary N) is 1. The fraction of sp³-hybridized carbons (Fsp3) is 0.200. The Labute approximate surface area is 195 Å². The van der Waals surface area contributed by atoms with Gasteiger partial charge in [-0.2, -0.15) is 9.78 Å². The number of nitrogens with zero attached hydrogens (tertiary/aromatic N) is 6. The van der Waals surface area contributed by atoms with E-state index in [1.807, 2.05) is 33.0 Å². The molecule has 3 heterocycles. The van der Waals surface area contributed by atoms with Gasteiger partial charge < -0.3 is 10.3 Å². The van der Waals surface area contributed by atoms with Crippen LogP contribution in [0, 0.1) is 26.6 Å². The summed E-state index contributed by atoms with van der Waals surface area (Å²) in [5.41, 5.74) is 10.9. The monoisotopic (exact) mass is 457 g/mol. The molecule has 0 aliphatic rings. The molecule has 2 aromatic carbocycles. The van der Waals surface area contributed by atoms with Crippen molar-refractivity contribution in [3.8, 4) is 16.8 Å². The van der Waals surface area contributed by atoms with Gasteiger partial charge in [0.15, 0.2) is 0 Å². The zero-order valence-electron chi connectivity index (χ0n) is 19.4. The summed E-state index contributed by atoms with van der Waals surface area (Å²) in [6.07, 6.45) is 3.25. The molecule has 5 aromatic rings. The third kappa shape index (κ3) is 3.55. The lowest BCUT2D eigenvalue weighted by Crippen LogP contribution is -2.24. The topological polar surface area (TPSA) is 96.6 Å². The zero-order valence-corrected chi connectivity index (χ0v) is 19.4. The van der Waals surface area contributed by atoms with E-state index in [-0.39, 0.29) is 5.69 Å². The highest BCUT2D eigenvalue weighted by Crippen LogP contribution is 2.34. The Balaban J connectivity index is 1.53. The minimum atomic E-state index is -0.499. The van der Waals surface area contributed by atoms with E-state index in [0.717, 1.165) is 16.7 Å². The van der Waals surface area contributed by atoms with Crippen LogP contribution in [0.5, 0.6) is 0 Å². The summed E-state index contributed by atoms with van der Waals surface area (Å²) in [7, 11) is 1.83. The summed E-state index contributed by atoms with van der Waals surface area (Å²) in [6.45, 7) is 6.16. The van der Waals surface area contributed by atoms with Crippen LogP contribution in [0.1, 0.15) is 22.5 Å². The minimum absolute atomic E-state index is 0.294. The quantitative estimate of drug-likeness (QED) is 0.444. The van der Waals surface area contributed by atoms with Gasteiger partial charge in [-0.25, -0.2) is 19.2 Å². The summed E-state index contributed by atoms with van der Waals surface area (Å²) < 4.78 is 19.8. The van der Waals surface area contributed by atoms with Crippen molar-refractivity contribution in [1.29, 1.82) is 0 Å². The number of hydrogen-bond acceptors (Lipinski definition) is 5. The lowest BCUT2D eigenvalue weighted by molar-refractivity contribution is 0.628. The summed E-state index contributed by atoms with van der Waals surface area (Å²) in [4.78, 5) is 21.7. The molecule has 0 radical (unpaired) electrons. The van der Waals surface area contributed by atoms with Crippen molar-refractivity contribution >= 4 is 16.9 Å². The Morgan fingerprint density at radius 3 is 2.59 bits per heavy atom. The van der Waals surface area contributed by atoms with Crippen LogP contribution in [0.15, 0.2) is 53.7 Å². The van der Waals surface area contributed by atoms with Crippen LogP contribution in [0.3, 0.4) is 0 Å². The van der Waals surface area contributed by atoms with Crippen molar-refractivity contribution in [1.82, 2.24) is 28.9 Å². The van der Waals surface area contributed by atoms with E-state index >= 15 is 4.39 Å². The molecule has 0 aliphatic heterocycles. The van der Waals surface area contributed by atoms with Gasteiger partial charge >= 0.3 is 5.69 Å². The number of nitrogen functional groups attached to an aromatic ring is 1. The molecule has 0 unspecified atom stereocenters. The maximum absolute atomic E-state index is 15.3. The third-order valence-corrected chi connectivity index (χ3v) is 6.02. The Kier molecular flexibility index (Phi) is 5.04. The second-order valence-electron chi connectivity index (χ2n) is 8.56. The van der Waals surface area contributed by atoms with Gasteiger partial charge in [0.05, 0.1) is 17.6 Å². The standard InChI is InChI=1S/C25H24FN7O/c1-14-5-6-15(2)17(9-14)11-32-13-28-33(25(32)34)18-7-8-19(21(26)10-18)20-12-31(4)24-22(20)23(27)29-16(3)30-24/h5-10,12-13H,11H2,1-4H3,(H2,27,29,30). The Morgan fingerprint density at radius 2 is 1.82 bits per heavy atom. The normalized spacial score (nSPS) is 11.4. The number of halogens is 1. The molecule has 0 saturated carbocycles. The van der Waals surface area contributed by atoms with Crippen LogP contribution in [-0.4, -0.2) is 28.9 Å². The summed E-state index contributed by atoms with van der Waals surface area (Å²) in [5.74, 6) is 0.341. The highest BCUT2D eigenvalue weighted by atomic mass is 19.1. The maximum atomic E-state index is 15.3. The molecular formula is C25H24FN7O. The first-order valence-electron chi connectivity index (χ1n) is 10.8. The Bertz CT molecular complexity index is 1630. The fourth-order valence-corrected chi connectivity index (χ4v) is 4.24. The zero-order chi connectivity index (χ0) is 24.1. The van der Waals surface area contributed by atoms with Gasteiger partial charge in [0.1, 0.15) is 29.4 Å². The molecule has 0 bridgehead atoms. The van der Waals surface area contributed by atoms with Crippen LogP contribution >= 0.6 is 0 Å². The van der Waals surface area contributed by atoms with Gasteiger partial charge in [0, 0.05) is 30.4 Å².